The van der Waals surface area contributed by atoms with Crippen LogP contribution < -0.4 is 20.3 Å². The molecule has 0 aliphatic carbocycles. The summed E-state index contributed by atoms with van der Waals surface area (Å²) in [4.78, 5) is 29.6. The van der Waals surface area contributed by atoms with Gasteiger partial charge < -0.3 is 14.8 Å². The van der Waals surface area contributed by atoms with Gasteiger partial charge in [0.2, 0.25) is 5.91 Å². The summed E-state index contributed by atoms with van der Waals surface area (Å²) in [5.41, 5.74) is 2.47. The number of carbonyl (C=O) groups excluding carboxylic acids is 1. The minimum atomic E-state index is -0.288. The highest BCUT2D eigenvalue weighted by molar-refractivity contribution is 5.84. The molecule has 0 saturated heterocycles. The zero-order valence-corrected chi connectivity index (χ0v) is 19.2. The molecule has 2 aromatic carbocycles. The van der Waals surface area contributed by atoms with Crippen molar-refractivity contribution < 1.29 is 14.3 Å². The van der Waals surface area contributed by atoms with Crippen molar-refractivity contribution in [2.75, 3.05) is 20.8 Å². The first kappa shape index (κ1) is 23.0. The van der Waals surface area contributed by atoms with E-state index in [1.165, 1.54) is 4.68 Å². The summed E-state index contributed by atoms with van der Waals surface area (Å²) in [6.07, 6.45) is 4.59. The Morgan fingerprint density at radius 2 is 1.68 bits per heavy atom. The number of ether oxygens (including phenoxy) is 2. The first-order chi connectivity index (χ1) is 16.6. The molecule has 0 aliphatic rings. The van der Waals surface area contributed by atoms with Crippen LogP contribution in [0.2, 0.25) is 0 Å². The number of amides is 1. The van der Waals surface area contributed by atoms with E-state index in [1.807, 2.05) is 48.5 Å². The third kappa shape index (κ3) is 5.23. The van der Waals surface area contributed by atoms with Gasteiger partial charge in [-0.15, -0.1) is 0 Å². The summed E-state index contributed by atoms with van der Waals surface area (Å²) >= 11 is 0. The Hall–Kier alpha value is -4.20. The summed E-state index contributed by atoms with van der Waals surface area (Å²) in [5.74, 6) is 1.01. The molecule has 8 nitrogen and oxygen atoms in total. The Balaban J connectivity index is 1.47. The van der Waals surface area contributed by atoms with Crippen LogP contribution in [0.5, 0.6) is 11.5 Å². The molecule has 174 valence electrons. The van der Waals surface area contributed by atoms with E-state index in [4.69, 9.17) is 9.47 Å². The highest BCUT2D eigenvalue weighted by atomic mass is 16.5. The molecule has 0 unspecified atom stereocenters. The number of methoxy groups -OCH3 is 2. The van der Waals surface area contributed by atoms with Gasteiger partial charge in [0.25, 0.3) is 5.56 Å². The van der Waals surface area contributed by atoms with Crippen LogP contribution in [0, 0.1) is 0 Å². The van der Waals surface area contributed by atoms with Crippen molar-refractivity contribution in [3.05, 3.63) is 94.2 Å². The zero-order chi connectivity index (χ0) is 23.9. The maximum absolute atomic E-state index is 13.0. The van der Waals surface area contributed by atoms with Crippen molar-refractivity contribution >= 4 is 16.7 Å². The molecule has 0 saturated carbocycles. The Morgan fingerprint density at radius 1 is 0.941 bits per heavy atom. The molecule has 1 amide bonds. The molecule has 0 bridgehead atoms. The molecule has 4 rings (SSSR count). The fourth-order valence-electron chi connectivity index (χ4n) is 3.81. The topological polar surface area (TPSA) is 95.3 Å². The van der Waals surface area contributed by atoms with Gasteiger partial charge in [-0.1, -0.05) is 24.3 Å². The van der Waals surface area contributed by atoms with E-state index in [1.54, 1.807) is 32.7 Å². The van der Waals surface area contributed by atoms with Crippen LogP contribution >= 0.6 is 0 Å². The number of nitrogens with zero attached hydrogens (tertiary/aromatic N) is 3. The second-order valence-corrected chi connectivity index (χ2v) is 7.78. The van der Waals surface area contributed by atoms with Gasteiger partial charge in [0, 0.05) is 30.7 Å². The minimum absolute atomic E-state index is 0.154. The Labute approximate surface area is 197 Å². The molecule has 0 fully saturated rings. The average Bonchev–Trinajstić information content (AvgIpc) is 2.87. The van der Waals surface area contributed by atoms with Gasteiger partial charge >= 0.3 is 0 Å². The normalized spacial score (nSPS) is 10.8. The van der Waals surface area contributed by atoms with Crippen molar-refractivity contribution in [3.63, 3.8) is 0 Å². The number of nitrogens with one attached hydrogen (secondary N) is 1. The molecule has 0 aliphatic heterocycles. The number of pyridine rings is 1. The SMILES string of the molecule is COc1ccc(CCNC(=O)Cn2nc(Cc3ccncc3)c3ccccc3c2=O)cc1OC. The fourth-order valence-corrected chi connectivity index (χ4v) is 3.81. The van der Waals surface area contributed by atoms with E-state index >= 15 is 0 Å². The van der Waals surface area contributed by atoms with E-state index < -0.39 is 0 Å². The number of carbonyl (C=O) groups is 1. The molecule has 0 spiro atoms. The van der Waals surface area contributed by atoms with Gasteiger partial charge in [-0.25, -0.2) is 4.68 Å². The van der Waals surface area contributed by atoms with Crippen LogP contribution in [0.15, 0.2) is 71.8 Å². The lowest BCUT2D eigenvalue weighted by Crippen LogP contribution is -2.35. The van der Waals surface area contributed by atoms with Crippen LogP contribution in [0.4, 0.5) is 0 Å². The predicted octanol–water partition coefficient (Wildman–Crippen LogP) is 2.76. The summed E-state index contributed by atoms with van der Waals surface area (Å²) in [5, 5.41) is 8.74. The Morgan fingerprint density at radius 3 is 2.41 bits per heavy atom. The van der Waals surface area contributed by atoms with Crippen LogP contribution in [0.3, 0.4) is 0 Å². The predicted molar refractivity (Wildman–Crippen MR) is 129 cm³/mol. The Bertz CT molecular complexity index is 1350. The monoisotopic (exact) mass is 458 g/mol. The van der Waals surface area contributed by atoms with E-state index in [0.717, 1.165) is 22.2 Å². The van der Waals surface area contributed by atoms with Crippen molar-refractivity contribution in [1.29, 1.82) is 0 Å². The number of benzene rings is 2. The summed E-state index contributed by atoms with van der Waals surface area (Å²) in [7, 11) is 3.17. The molecule has 0 atom stereocenters. The Kier molecular flexibility index (Phi) is 7.17. The molecular weight excluding hydrogens is 432 g/mol. The highest BCUT2D eigenvalue weighted by Crippen LogP contribution is 2.27. The maximum Gasteiger partial charge on any atom is 0.275 e. The standard InChI is InChI=1S/C26H26N4O4/c1-33-23-8-7-18(16-24(23)34-2)11-14-28-25(31)17-30-26(32)21-6-4-3-5-20(21)22(29-30)15-19-9-12-27-13-10-19/h3-10,12-13,16H,11,14-15,17H2,1-2H3,(H,28,31). The second kappa shape index (κ2) is 10.6. The summed E-state index contributed by atoms with van der Waals surface area (Å²) in [6.45, 7) is 0.263. The van der Waals surface area contributed by atoms with Crippen molar-refractivity contribution in [1.82, 2.24) is 20.1 Å². The summed E-state index contributed by atoms with van der Waals surface area (Å²) < 4.78 is 11.8. The van der Waals surface area contributed by atoms with E-state index in [9.17, 15) is 9.59 Å². The van der Waals surface area contributed by atoms with Crippen molar-refractivity contribution in [2.24, 2.45) is 0 Å². The highest BCUT2D eigenvalue weighted by Gasteiger charge is 2.13. The fraction of sp³-hybridized carbons (Fsp3) is 0.231. The van der Waals surface area contributed by atoms with Gasteiger partial charge in [0.15, 0.2) is 11.5 Å². The average molecular weight is 459 g/mol. The number of rotatable bonds is 9. The van der Waals surface area contributed by atoms with Crippen LogP contribution in [0.1, 0.15) is 16.8 Å². The second-order valence-electron chi connectivity index (χ2n) is 7.78. The number of hydrogen-bond donors (Lipinski definition) is 1. The number of hydrogen-bond acceptors (Lipinski definition) is 6. The number of fused-ring (bicyclic) bond motifs is 1. The van der Waals surface area contributed by atoms with Crippen LogP contribution in [-0.4, -0.2) is 41.4 Å². The minimum Gasteiger partial charge on any atom is -0.493 e. The van der Waals surface area contributed by atoms with Gasteiger partial charge in [-0.3, -0.25) is 14.6 Å². The maximum atomic E-state index is 13.0. The third-order valence-electron chi connectivity index (χ3n) is 5.54. The summed E-state index contributed by atoms with van der Waals surface area (Å²) in [6, 6.07) is 16.8. The van der Waals surface area contributed by atoms with Gasteiger partial charge in [0.05, 0.1) is 25.3 Å². The van der Waals surface area contributed by atoms with E-state index in [2.05, 4.69) is 15.4 Å². The van der Waals surface area contributed by atoms with Gasteiger partial charge in [-0.2, -0.15) is 5.10 Å². The third-order valence-corrected chi connectivity index (χ3v) is 5.54. The first-order valence-corrected chi connectivity index (χ1v) is 10.9. The quantitative estimate of drug-likeness (QED) is 0.414. The number of aromatic nitrogens is 3. The molecule has 4 aromatic rings. The van der Waals surface area contributed by atoms with Gasteiger partial charge in [0.1, 0.15) is 6.54 Å². The lowest BCUT2D eigenvalue weighted by molar-refractivity contribution is -0.121. The first-order valence-electron chi connectivity index (χ1n) is 10.9. The molecule has 2 aromatic heterocycles. The van der Waals surface area contributed by atoms with Gasteiger partial charge in [-0.05, 0) is 47.9 Å². The van der Waals surface area contributed by atoms with Crippen molar-refractivity contribution in [3.8, 4) is 11.5 Å². The molecular formula is C26H26N4O4. The largest absolute Gasteiger partial charge is 0.493 e. The van der Waals surface area contributed by atoms with Crippen LogP contribution in [-0.2, 0) is 24.2 Å². The van der Waals surface area contributed by atoms with E-state index in [-0.39, 0.29) is 18.0 Å². The lowest BCUT2D eigenvalue weighted by Gasteiger charge is -2.12. The smallest absolute Gasteiger partial charge is 0.275 e. The van der Waals surface area contributed by atoms with Crippen LogP contribution in [0.25, 0.3) is 10.8 Å². The molecule has 2 heterocycles. The molecule has 34 heavy (non-hydrogen) atoms. The van der Waals surface area contributed by atoms with Crippen molar-refractivity contribution in [2.45, 2.75) is 19.4 Å². The van der Waals surface area contributed by atoms with E-state index in [0.29, 0.717) is 36.3 Å². The lowest BCUT2D eigenvalue weighted by atomic mass is 10.1. The zero-order valence-electron chi connectivity index (χ0n) is 19.2. The molecule has 8 heteroatoms. The molecule has 0 radical (unpaired) electrons. The molecule has 1 N–H and O–H groups in total.